The maximum atomic E-state index is 10.6. The summed E-state index contributed by atoms with van der Waals surface area (Å²) in [4.78, 5) is 15.5. The van der Waals surface area contributed by atoms with Crippen molar-refractivity contribution >= 4 is 35.2 Å². The molecule has 5 nitrogen and oxygen atoms in total. The minimum atomic E-state index is -0.830. The van der Waals surface area contributed by atoms with E-state index in [-0.39, 0.29) is 5.96 Å². The predicted molar refractivity (Wildman–Crippen MR) is 69.1 cm³/mol. The van der Waals surface area contributed by atoms with Crippen LogP contribution in [0.2, 0.25) is 10.0 Å². The summed E-state index contributed by atoms with van der Waals surface area (Å²) in [5, 5.41) is 0.944. The molecule has 0 radical (unpaired) electrons. The maximum absolute atomic E-state index is 10.6. The SMILES string of the molecule is CN(Cc1ccc(Cl)c(Cl)c1)C(N)=NC(N)=O. The van der Waals surface area contributed by atoms with Crippen LogP contribution in [-0.4, -0.2) is 23.9 Å². The molecule has 0 atom stereocenters. The number of primary amides is 1. The minimum absolute atomic E-state index is 0.0450. The third-order valence-corrected chi connectivity index (χ3v) is 2.76. The van der Waals surface area contributed by atoms with Crippen molar-refractivity contribution in [3.63, 3.8) is 0 Å². The molecule has 0 saturated heterocycles. The average molecular weight is 275 g/mol. The van der Waals surface area contributed by atoms with E-state index in [1.165, 1.54) is 0 Å². The lowest BCUT2D eigenvalue weighted by Crippen LogP contribution is -2.34. The van der Waals surface area contributed by atoms with E-state index in [2.05, 4.69) is 4.99 Å². The fraction of sp³-hybridized carbons (Fsp3) is 0.200. The van der Waals surface area contributed by atoms with Gasteiger partial charge in [0.1, 0.15) is 0 Å². The second-order valence-electron chi connectivity index (χ2n) is 3.41. The summed E-state index contributed by atoms with van der Waals surface area (Å²) in [5.41, 5.74) is 11.3. The zero-order chi connectivity index (χ0) is 13.0. The molecule has 0 saturated carbocycles. The third kappa shape index (κ3) is 4.13. The number of urea groups is 1. The van der Waals surface area contributed by atoms with E-state index in [9.17, 15) is 4.79 Å². The quantitative estimate of drug-likeness (QED) is 0.637. The molecule has 0 unspecified atom stereocenters. The van der Waals surface area contributed by atoms with Crippen molar-refractivity contribution in [2.24, 2.45) is 16.5 Å². The summed E-state index contributed by atoms with van der Waals surface area (Å²) in [6, 6.07) is 4.39. The first-order valence-corrected chi connectivity index (χ1v) is 5.44. The number of rotatable bonds is 2. The van der Waals surface area contributed by atoms with Gasteiger partial charge in [-0.25, -0.2) is 4.79 Å². The molecule has 4 N–H and O–H groups in total. The van der Waals surface area contributed by atoms with Gasteiger partial charge in [-0.2, -0.15) is 4.99 Å². The van der Waals surface area contributed by atoms with Gasteiger partial charge in [-0.1, -0.05) is 29.3 Å². The van der Waals surface area contributed by atoms with E-state index in [4.69, 9.17) is 34.7 Å². The summed E-state index contributed by atoms with van der Waals surface area (Å²) < 4.78 is 0. The zero-order valence-corrected chi connectivity index (χ0v) is 10.7. The third-order valence-electron chi connectivity index (χ3n) is 2.02. The molecule has 1 aromatic carbocycles. The number of halogens is 2. The highest BCUT2D eigenvalue weighted by Gasteiger charge is 2.06. The number of aliphatic imine (C=N–C) groups is 1. The molecule has 92 valence electrons. The Balaban J connectivity index is 2.77. The van der Waals surface area contributed by atoms with Crippen LogP contribution in [-0.2, 0) is 6.54 Å². The first-order valence-electron chi connectivity index (χ1n) is 4.69. The van der Waals surface area contributed by atoms with Crippen LogP contribution in [0.5, 0.6) is 0 Å². The monoisotopic (exact) mass is 274 g/mol. The molecule has 0 aliphatic carbocycles. The number of guanidine groups is 1. The van der Waals surface area contributed by atoms with Gasteiger partial charge >= 0.3 is 6.03 Å². The summed E-state index contributed by atoms with van der Waals surface area (Å²) in [7, 11) is 1.68. The summed E-state index contributed by atoms with van der Waals surface area (Å²) in [6.45, 7) is 0.444. The molecular weight excluding hydrogens is 263 g/mol. The Kier molecular flexibility index (Phi) is 4.60. The van der Waals surface area contributed by atoms with Crippen molar-refractivity contribution in [3.8, 4) is 0 Å². The normalized spacial score (nSPS) is 11.4. The molecular formula is C10H12Cl2N4O. The van der Waals surface area contributed by atoms with E-state index in [0.717, 1.165) is 5.56 Å². The van der Waals surface area contributed by atoms with Crippen molar-refractivity contribution in [1.82, 2.24) is 4.90 Å². The Morgan fingerprint density at radius 2 is 2.00 bits per heavy atom. The number of benzene rings is 1. The molecule has 0 aliphatic rings. The van der Waals surface area contributed by atoms with Crippen molar-refractivity contribution < 1.29 is 4.79 Å². The lowest BCUT2D eigenvalue weighted by molar-refractivity contribution is 0.256. The minimum Gasteiger partial charge on any atom is -0.369 e. The average Bonchev–Trinajstić information content (AvgIpc) is 2.22. The number of carbonyl (C=O) groups is 1. The fourth-order valence-corrected chi connectivity index (χ4v) is 1.51. The molecule has 2 amide bonds. The van der Waals surface area contributed by atoms with Gasteiger partial charge in [-0.05, 0) is 17.7 Å². The highest BCUT2D eigenvalue weighted by Crippen LogP contribution is 2.22. The zero-order valence-electron chi connectivity index (χ0n) is 9.15. The molecule has 1 aromatic rings. The predicted octanol–water partition coefficient (Wildman–Crippen LogP) is 1.82. The molecule has 0 heterocycles. The van der Waals surface area contributed by atoms with Crippen LogP contribution < -0.4 is 11.5 Å². The van der Waals surface area contributed by atoms with E-state index in [0.29, 0.717) is 16.6 Å². The topological polar surface area (TPSA) is 84.7 Å². The number of carbonyl (C=O) groups excluding carboxylic acids is 1. The van der Waals surface area contributed by atoms with Crippen molar-refractivity contribution in [2.75, 3.05) is 7.05 Å². The Hall–Kier alpha value is -1.46. The Bertz CT molecular complexity index is 462. The molecule has 7 heteroatoms. The maximum Gasteiger partial charge on any atom is 0.341 e. The summed E-state index contributed by atoms with van der Waals surface area (Å²) >= 11 is 11.7. The van der Waals surface area contributed by atoms with Crippen LogP contribution in [0.15, 0.2) is 23.2 Å². The first kappa shape index (κ1) is 13.6. The van der Waals surface area contributed by atoms with Crippen LogP contribution in [0.25, 0.3) is 0 Å². The van der Waals surface area contributed by atoms with Gasteiger partial charge in [0.2, 0.25) is 5.96 Å². The van der Waals surface area contributed by atoms with E-state index < -0.39 is 6.03 Å². The van der Waals surface area contributed by atoms with Crippen molar-refractivity contribution in [1.29, 1.82) is 0 Å². The fourth-order valence-electron chi connectivity index (χ4n) is 1.19. The molecule has 0 bridgehead atoms. The molecule has 17 heavy (non-hydrogen) atoms. The lowest BCUT2D eigenvalue weighted by atomic mass is 10.2. The molecule has 0 fully saturated rings. The van der Waals surface area contributed by atoms with Gasteiger partial charge in [0, 0.05) is 13.6 Å². The molecule has 0 aliphatic heterocycles. The summed E-state index contributed by atoms with van der Waals surface area (Å²) in [6.07, 6.45) is 0. The smallest absolute Gasteiger partial charge is 0.341 e. The van der Waals surface area contributed by atoms with Gasteiger partial charge in [0.05, 0.1) is 10.0 Å². The highest BCUT2D eigenvalue weighted by atomic mass is 35.5. The van der Waals surface area contributed by atoms with E-state index in [1.54, 1.807) is 24.1 Å². The van der Waals surface area contributed by atoms with Crippen molar-refractivity contribution in [3.05, 3.63) is 33.8 Å². The molecule has 0 aromatic heterocycles. The van der Waals surface area contributed by atoms with Crippen LogP contribution in [0.3, 0.4) is 0 Å². The summed E-state index contributed by atoms with van der Waals surface area (Å²) in [5.74, 6) is 0.0450. The highest BCUT2D eigenvalue weighted by molar-refractivity contribution is 6.42. The largest absolute Gasteiger partial charge is 0.369 e. The van der Waals surface area contributed by atoms with Gasteiger partial charge < -0.3 is 16.4 Å². The van der Waals surface area contributed by atoms with Crippen LogP contribution in [0, 0.1) is 0 Å². The standard InChI is InChI=1S/C10H12Cl2N4O/c1-16(9(13)15-10(14)17)5-6-2-3-7(11)8(12)4-6/h2-4H,5H2,1H3,(H4,13,14,15,17). The van der Waals surface area contributed by atoms with Crippen LogP contribution in [0.1, 0.15) is 5.56 Å². The number of amides is 2. The Labute approximate surface area is 109 Å². The second kappa shape index (κ2) is 5.75. The van der Waals surface area contributed by atoms with E-state index >= 15 is 0 Å². The number of hydrogen-bond acceptors (Lipinski definition) is 1. The molecule has 0 spiro atoms. The van der Waals surface area contributed by atoms with Crippen molar-refractivity contribution in [2.45, 2.75) is 6.54 Å². The molecule has 1 rings (SSSR count). The number of nitrogens with two attached hydrogens (primary N) is 2. The number of nitrogens with zero attached hydrogens (tertiary/aromatic N) is 2. The second-order valence-corrected chi connectivity index (χ2v) is 4.23. The Morgan fingerprint density at radius 3 is 2.53 bits per heavy atom. The van der Waals surface area contributed by atoms with Gasteiger partial charge in [0.25, 0.3) is 0 Å². The van der Waals surface area contributed by atoms with Gasteiger partial charge in [-0.15, -0.1) is 0 Å². The Morgan fingerprint density at radius 1 is 1.35 bits per heavy atom. The van der Waals surface area contributed by atoms with Crippen LogP contribution in [0.4, 0.5) is 4.79 Å². The number of hydrogen-bond donors (Lipinski definition) is 2. The van der Waals surface area contributed by atoms with Crippen LogP contribution >= 0.6 is 23.2 Å². The van der Waals surface area contributed by atoms with Gasteiger partial charge in [0.15, 0.2) is 0 Å². The van der Waals surface area contributed by atoms with Gasteiger partial charge in [-0.3, -0.25) is 0 Å². The van der Waals surface area contributed by atoms with E-state index in [1.807, 2.05) is 6.07 Å². The first-order chi connectivity index (χ1) is 7.90. The lowest BCUT2D eigenvalue weighted by Gasteiger charge is -2.17.